The first kappa shape index (κ1) is 25.8. The topological polar surface area (TPSA) is 123 Å². The summed E-state index contributed by atoms with van der Waals surface area (Å²) in [6.45, 7) is 1.68. The minimum absolute atomic E-state index is 0.118. The van der Waals surface area contributed by atoms with Crippen molar-refractivity contribution in [1.82, 2.24) is 10.6 Å². The second-order valence-corrected chi connectivity index (χ2v) is 8.53. The molecule has 1 saturated heterocycles. The summed E-state index contributed by atoms with van der Waals surface area (Å²) >= 11 is 0. The van der Waals surface area contributed by atoms with E-state index in [4.69, 9.17) is 10.5 Å². The number of benzene rings is 1. The summed E-state index contributed by atoms with van der Waals surface area (Å²) in [7, 11) is 0. The molecule has 1 heterocycles. The highest BCUT2D eigenvalue weighted by Gasteiger charge is 2.50. The van der Waals surface area contributed by atoms with Gasteiger partial charge in [0.25, 0.3) is 0 Å². The Balaban J connectivity index is 2.14. The molecule has 0 aliphatic carbocycles. The zero-order valence-corrected chi connectivity index (χ0v) is 18.5. The molecular formula is C22H31F2N3O5. The van der Waals surface area contributed by atoms with Gasteiger partial charge in [0.05, 0.1) is 25.3 Å². The van der Waals surface area contributed by atoms with Gasteiger partial charge in [0.15, 0.2) is 5.78 Å². The largest absolute Gasteiger partial charge is 0.361 e. The van der Waals surface area contributed by atoms with E-state index < -0.39 is 48.8 Å². The Morgan fingerprint density at radius 1 is 1.12 bits per heavy atom. The molecule has 4 N–H and O–H groups in total. The molecular weight excluding hydrogens is 424 g/mol. The first-order valence-corrected chi connectivity index (χ1v) is 10.5. The SMILES string of the molecule is CC(C)C[C@H](N)C(=O)N[C@@H](COC(F)F)C(=O)N[C@@H](Cc1ccccc1)C(=O)[C@@]1(C)CO1. The van der Waals surface area contributed by atoms with E-state index in [0.717, 1.165) is 5.56 Å². The van der Waals surface area contributed by atoms with Crippen LogP contribution in [-0.2, 0) is 30.3 Å². The van der Waals surface area contributed by atoms with Crippen LogP contribution < -0.4 is 16.4 Å². The molecule has 1 aromatic carbocycles. The number of hydrogen-bond donors (Lipinski definition) is 3. The van der Waals surface area contributed by atoms with Crippen molar-refractivity contribution in [2.24, 2.45) is 11.7 Å². The molecule has 8 nitrogen and oxygen atoms in total. The van der Waals surface area contributed by atoms with E-state index in [2.05, 4.69) is 15.4 Å². The van der Waals surface area contributed by atoms with Crippen LogP contribution >= 0.6 is 0 Å². The first-order valence-electron chi connectivity index (χ1n) is 10.5. The van der Waals surface area contributed by atoms with Crippen LogP contribution in [0.1, 0.15) is 32.8 Å². The number of carbonyl (C=O) groups is 3. The van der Waals surface area contributed by atoms with E-state index in [1.54, 1.807) is 31.2 Å². The third-order valence-electron chi connectivity index (χ3n) is 5.10. The van der Waals surface area contributed by atoms with Crippen LogP contribution in [0.15, 0.2) is 30.3 Å². The quantitative estimate of drug-likeness (QED) is 0.384. The van der Waals surface area contributed by atoms with Gasteiger partial charge >= 0.3 is 6.61 Å². The molecule has 2 amide bonds. The molecule has 2 rings (SSSR count). The lowest BCUT2D eigenvalue weighted by atomic mass is 9.94. The van der Waals surface area contributed by atoms with Crippen molar-refractivity contribution in [3.05, 3.63) is 35.9 Å². The van der Waals surface area contributed by atoms with Gasteiger partial charge in [0, 0.05) is 0 Å². The maximum atomic E-state index is 12.9. The van der Waals surface area contributed by atoms with Gasteiger partial charge in [-0.15, -0.1) is 0 Å². The maximum absolute atomic E-state index is 12.9. The highest BCUT2D eigenvalue weighted by molar-refractivity contribution is 5.98. The van der Waals surface area contributed by atoms with E-state index in [0.29, 0.717) is 6.42 Å². The van der Waals surface area contributed by atoms with Crippen LogP contribution in [0.5, 0.6) is 0 Å². The monoisotopic (exact) mass is 455 g/mol. The average molecular weight is 456 g/mol. The summed E-state index contributed by atoms with van der Waals surface area (Å²) in [5, 5.41) is 4.93. The van der Waals surface area contributed by atoms with Crippen LogP contribution in [0.3, 0.4) is 0 Å². The highest BCUT2D eigenvalue weighted by Crippen LogP contribution is 2.29. The Hall–Kier alpha value is -2.43. The van der Waals surface area contributed by atoms with E-state index in [9.17, 15) is 23.2 Å². The molecule has 1 aliphatic heterocycles. The van der Waals surface area contributed by atoms with Gasteiger partial charge in [-0.3, -0.25) is 14.4 Å². The van der Waals surface area contributed by atoms with Crippen LogP contribution in [-0.4, -0.2) is 61.1 Å². The van der Waals surface area contributed by atoms with E-state index >= 15 is 0 Å². The molecule has 1 aromatic rings. The second kappa shape index (κ2) is 11.4. The van der Waals surface area contributed by atoms with Crippen molar-refractivity contribution in [3.8, 4) is 0 Å². The number of ether oxygens (including phenoxy) is 2. The summed E-state index contributed by atoms with van der Waals surface area (Å²) in [5.41, 5.74) is 5.62. The number of epoxide rings is 1. The molecule has 4 atom stereocenters. The predicted molar refractivity (Wildman–Crippen MR) is 113 cm³/mol. The zero-order valence-electron chi connectivity index (χ0n) is 18.5. The van der Waals surface area contributed by atoms with Crippen LogP contribution in [0, 0.1) is 5.92 Å². The Labute approximate surface area is 186 Å². The summed E-state index contributed by atoms with van der Waals surface area (Å²) in [5.74, 6) is -1.71. The molecule has 178 valence electrons. The fraction of sp³-hybridized carbons (Fsp3) is 0.591. The van der Waals surface area contributed by atoms with Crippen LogP contribution in [0.2, 0.25) is 0 Å². The summed E-state index contributed by atoms with van der Waals surface area (Å²) < 4.78 is 34.7. The van der Waals surface area contributed by atoms with Crippen molar-refractivity contribution >= 4 is 17.6 Å². The number of nitrogens with one attached hydrogen (secondary N) is 2. The van der Waals surface area contributed by atoms with Crippen LogP contribution in [0.25, 0.3) is 0 Å². The van der Waals surface area contributed by atoms with Crippen molar-refractivity contribution < 1.29 is 32.6 Å². The van der Waals surface area contributed by atoms with Crippen molar-refractivity contribution in [3.63, 3.8) is 0 Å². The van der Waals surface area contributed by atoms with E-state index in [1.165, 1.54) is 0 Å². The third-order valence-corrected chi connectivity index (χ3v) is 5.10. The number of rotatable bonds is 13. The lowest BCUT2D eigenvalue weighted by molar-refractivity contribution is -0.148. The second-order valence-electron chi connectivity index (χ2n) is 8.53. The molecule has 0 saturated carbocycles. The van der Waals surface area contributed by atoms with E-state index in [1.807, 2.05) is 19.9 Å². The molecule has 32 heavy (non-hydrogen) atoms. The number of alkyl halides is 2. The standard InChI is InChI=1S/C22H31F2N3O5/c1-13(2)9-15(25)19(29)27-17(11-31-21(23)24)20(30)26-16(18(28)22(3)12-32-22)10-14-7-5-4-6-8-14/h4-8,13,15-17,21H,9-12,25H2,1-3H3,(H,26,30)(H,27,29)/t15-,16-,17-,22+/m0/s1. The maximum Gasteiger partial charge on any atom is 0.345 e. The Bertz CT molecular complexity index is 787. The summed E-state index contributed by atoms with van der Waals surface area (Å²) in [4.78, 5) is 38.2. The normalized spacial score (nSPS) is 20.5. The molecule has 1 fully saturated rings. The number of Topliss-reactive ketones (excluding diaryl/α,β-unsaturated/α-hetero) is 1. The van der Waals surface area contributed by atoms with Gasteiger partial charge in [0.1, 0.15) is 11.6 Å². The lowest BCUT2D eigenvalue weighted by Crippen LogP contribution is -2.57. The number of ketones is 1. The molecule has 0 aromatic heterocycles. The highest BCUT2D eigenvalue weighted by atomic mass is 19.3. The van der Waals surface area contributed by atoms with E-state index in [-0.39, 0.29) is 24.7 Å². The van der Waals surface area contributed by atoms with Gasteiger partial charge in [-0.25, -0.2) is 0 Å². The summed E-state index contributed by atoms with van der Waals surface area (Å²) in [6, 6.07) is 5.66. The number of nitrogens with two attached hydrogens (primary N) is 1. The summed E-state index contributed by atoms with van der Waals surface area (Å²) in [6.07, 6.45) is 0.522. The fourth-order valence-electron chi connectivity index (χ4n) is 3.20. The van der Waals surface area contributed by atoms with Crippen molar-refractivity contribution in [2.75, 3.05) is 13.2 Å². The molecule has 0 spiro atoms. The molecule has 1 aliphatic rings. The molecule has 10 heteroatoms. The van der Waals surface area contributed by atoms with Gasteiger partial charge in [-0.1, -0.05) is 44.2 Å². The number of halogens is 2. The smallest absolute Gasteiger partial charge is 0.345 e. The predicted octanol–water partition coefficient (Wildman–Crippen LogP) is 1.17. The molecule has 0 bridgehead atoms. The minimum Gasteiger partial charge on any atom is -0.361 e. The van der Waals surface area contributed by atoms with Gasteiger partial charge < -0.3 is 25.8 Å². The Kier molecular flexibility index (Phi) is 9.23. The minimum atomic E-state index is -3.13. The lowest BCUT2D eigenvalue weighted by Gasteiger charge is -2.25. The van der Waals surface area contributed by atoms with Crippen molar-refractivity contribution in [2.45, 2.75) is 64.0 Å². The van der Waals surface area contributed by atoms with Gasteiger partial charge in [-0.2, -0.15) is 8.78 Å². The Morgan fingerprint density at radius 2 is 1.72 bits per heavy atom. The van der Waals surface area contributed by atoms with Gasteiger partial charge in [-0.05, 0) is 31.2 Å². The Morgan fingerprint density at radius 3 is 2.25 bits per heavy atom. The third kappa shape index (κ3) is 7.92. The number of hydrogen-bond acceptors (Lipinski definition) is 6. The fourth-order valence-corrected chi connectivity index (χ4v) is 3.20. The molecule has 0 radical (unpaired) electrons. The number of amides is 2. The zero-order chi connectivity index (χ0) is 23.9. The van der Waals surface area contributed by atoms with Gasteiger partial charge in [0.2, 0.25) is 11.8 Å². The number of carbonyl (C=O) groups excluding carboxylic acids is 3. The van der Waals surface area contributed by atoms with Crippen LogP contribution in [0.4, 0.5) is 8.78 Å². The average Bonchev–Trinajstić information content (AvgIpc) is 3.48. The molecule has 0 unspecified atom stereocenters. The first-order chi connectivity index (χ1) is 15.0. The van der Waals surface area contributed by atoms with Crippen molar-refractivity contribution in [1.29, 1.82) is 0 Å².